The van der Waals surface area contributed by atoms with Crippen LogP contribution in [0, 0.1) is 5.41 Å². The van der Waals surface area contributed by atoms with Crippen LogP contribution >= 0.6 is 11.6 Å². The van der Waals surface area contributed by atoms with Gasteiger partial charge in [-0.3, -0.25) is 15.5 Å². The van der Waals surface area contributed by atoms with Gasteiger partial charge in [-0.2, -0.15) is 0 Å². The van der Waals surface area contributed by atoms with Gasteiger partial charge in [0.1, 0.15) is 5.75 Å². The number of nitrogens with one attached hydrogen (secondary N) is 4. The Morgan fingerprint density at radius 1 is 1.02 bits per heavy atom. The molecule has 0 spiro atoms. The summed E-state index contributed by atoms with van der Waals surface area (Å²) in [7, 11) is 0. The Labute approximate surface area is 245 Å². The van der Waals surface area contributed by atoms with Crippen LogP contribution in [0.5, 0.6) is 5.75 Å². The van der Waals surface area contributed by atoms with E-state index in [4.69, 9.17) is 21.5 Å². The van der Waals surface area contributed by atoms with Crippen molar-refractivity contribution in [2.24, 2.45) is 15.4 Å². The van der Waals surface area contributed by atoms with E-state index in [9.17, 15) is 9.90 Å². The first kappa shape index (κ1) is 31.4. The Kier molecular flexibility index (Phi) is 12.0. The van der Waals surface area contributed by atoms with Crippen LogP contribution in [0.2, 0.25) is 5.02 Å². The number of carbonyl (C=O) groups is 1. The minimum atomic E-state index is -0.387. The number of halogens is 1. The maximum Gasteiger partial charge on any atom is 0.251 e. The van der Waals surface area contributed by atoms with Crippen LogP contribution < -0.4 is 26.2 Å². The van der Waals surface area contributed by atoms with Gasteiger partial charge < -0.3 is 25.8 Å². The van der Waals surface area contributed by atoms with Crippen LogP contribution in [0.1, 0.15) is 36.2 Å². The van der Waals surface area contributed by atoms with E-state index >= 15 is 0 Å². The molecule has 0 aliphatic heterocycles. The number of nitrogens with zero attached hydrogens (tertiary/aromatic N) is 2. The zero-order valence-corrected chi connectivity index (χ0v) is 24.0. The molecule has 41 heavy (non-hydrogen) atoms. The van der Waals surface area contributed by atoms with Gasteiger partial charge in [-0.05, 0) is 79.4 Å². The first-order valence-electron chi connectivity index (χ1n) is 13.2. The molecule has 3 aromatic carbocycles. The highest BCUT2D eigenvalue weighted by atomic mass is 35.5. The largest absolute Gasteiger partial charge is 0.492 e. The fourth-order valence-electron chi connectivity index (χ4n) is 3.52. The minimum Gasteiger partial charge on any atom is -0.492 e. The lowest BCUT2D eigenvalue weighted by Gasteiger charge is -2.21. The molecule has 0 saturated carbocycles. The molecule has 0 aliphatic carbocycles. The van der Waals surface area contributed by atoms with E-state index in [1.165, 1.54) is 0 Å². The van der Waals surface area contributed by atoms with E-state index in [1.54, 1.807) is 36.4 Å². The van der Waals surface area contributed by atoms with Crippen molar-refractivity contribution in [2.45, 2.75) is 26.8 Å². The van der Waals surface area contributed by atoms with Gasteiger partial charge in [0.2, 0.25) is 5.96 Å². The summed E-state index contributed by atoms with van der Waals surface area (Å²) >= 11 is 6.43. The number of aliphatic hydroxyl groups excluding tert-OH is 1. The Morgan fingerprint density at radius 2 is 1.71 bits per heavy atom. The van der Waals surface area contributed by atoms with Gasteiger partial charge in [0, 0.05) is 42.0 Å². The summed E-state index contributed by atoms with van der Waals surface area (Å²) in [6.07, 6.45) is 0.774. The van der Waals surface area contributed by atoms with Crippen molar-refractivity contribution < 1.29 is 19.8 Å². The number of hydrogen-bond acceptors (Lipinski definition) is 7. The minimum absolute atomic E-state index is 0.0161. The van der Waals surface area contributed by atoms with E-state index in [2.05, 4.69) is 38.1 Å². The van der Waals surface area contributed by atoms with Crippen LogP contribution in [0.15, 0.2) is 76.7 Å². The molecule has 0 atom stereocenters. The van der Waals surface area contributed by atoms with Crippen LogP contribution in [0.4, 0.5) is 17.1 Å². The number of guanidine groups is 1. The average molecular weight is 581 g/mol. The Bertz CT molecular complexity index is 1310. The van der Waals surface area contributed by atoms with Gasteiger partial charge in [-0.15, -0.1) is 0 Å². The van der Waals surface area contributed by atoms with Gasteiger partial charge in [-0.1, -0.05) is 31.5 Å². The van der Waals surface area contributed by atoms with Crippen molar-refractivity contribution in [1.82, 2.24) is 5.32 Å². The first-order valence-corrected chi connectivity index (χ1v) is 13.5. The maximum absolute atomic E-state index is 12.4. The quantitative estimate of drug-likeness (QED) is 0.0646. The lowest BCUT2D eigenvalue weighted by Crippen LogP contribution is -2.36. The zero-order valence-electron chi connectivity index (χ0n) is 23.3. The standard InChI is InChI=1S/C30H37ClN6O4/c1-30(2,20-38)19-35-28(39)22-6-8-24(9-7-22)36-29(32-3)34-18-21-5-14-27(26(31)17-21)41-16-4-15-33-23-10-12-25(37-40)13-11-23/h5-14,17,33,37-38,40H,3-4,15-16,18-20H2,1-2H3,(H,34,36)(H,35,39). The molecule has 3 rings (SSSR count). The molecule has 3 aromatic rings. The second-order valence-electron chi connectivity index (χ2n) is 10.1. The van der Waals surface area contributed by atoms with Crippen molar-refractivity contribution in [3.8, 4) is 5.75 Å². The maximum atomic E-state index is 12.4. The third-order valence-corrected chi connectivity index (χ3v) is 6.33. The van der Waals surface area contributed by atoms with Crippen LogP contribution in [-0.2, 0) is 6.54 Å². The van der Waals surface area contributed by atoms with Gasteiger partial charge in [-0.25, -0.2) is 9.98 Å². The second-order valence-corrected chi connectivity index (χ2v) is 10.5. The number of rotatable bonds is 14. The number of amides is 1. The smallest absolute Gasteiger partial charge is 0.251 e. The van der Waals surface area contributed by atoms with Crippen molar-refractivity contribution in [2.75, 3.05) is 42.4 Å². The van der Waals surface area contributed by atoms with Gasteiger partial charge in [0.25, 0.3) is 5.91 Å². The third kappa shape index (κ3) is 10.4. The number of aliphatic imine (C=N–C) groups is 2. The zero-order chi connectivity index (χ0) is 29.7. The number of carbonyl (C=O) groups excluding carboxylic acids is 1. The highest BCUT2D eigenvalue weighted by molar-refractivity contribution is 6.32. The molecule has 11 heteroatoms. The molecule has 0 radical (unpaired) electrons. The topological polar surface area (TPSA) is 140 Å². The molecular weight excluding hydrogens is 544 g/mol. The summed E-state index contributed by atoms with van der Waals surface area (Å²) in [4.78, 5) is 20.8. The molecule has 0 aliphatic rings. The molecule has 10 nitrogen and oxygen atoms in total. The summed E-state index contributed by atoms with van der Waals surface area (Å²) < 4.78 is 5.82. The Hall–Kier alpha value is -4.12. The lowest BCUT2D eigenvalue weighted by molar-refractivity contribution is 0.0911. The molecule has 1 amide bonds. The van der Waals surface area contributed by atoms with Crippen molar-refractivity contribution >= 4 is 47.2 Å². The highest BCUT2D eigenvalue weighted by Gasteiger charge is 2.18. The van der Waals surface area contributed by atoms with Gasteiger partial charge in [0.05, 0.1) is 23.9 Å². The van der Waals surface area contributed by atoms with E-state index in [-0.39, 0.29) is 17.9 Å². The Balaban J connectivity index is 1.45. The van der Waals surface area contributed by atoms with Gasteiger partial charge >= 0.3 is 0 Å². The summed E-state index contributed by atoms with van der Waals surface area (Å²) in [6.45, 7) is 9.24. The van der Waals surface area contributed by atoms with Crippen LogP contribution in [0.3, 0.4) is 0 Å². The molecule has 0 heterocycles. The Morgan fingerprint density at radius 3 is 2.34 bits per heavy atom. The summed E-state index contributed by atoms with van der Waals surface area (Å²) in [5.74, 6) is 0.720. The summed E-state index contributed by atoms with van der Waals surface area (Å²) in [5.41, 5.74) is 5.39. The molecular formula is C30H37ClN6O4. The fourth-order valence-corrected chi connectivity index (χ4v) is 3.77. The predicted molar refractivity (Wildman–Crippen MR) is 166 cm³/mol. The van der Waals surface area contributed by atoms with Crippen molar-refractivity contribution in [3.63, 3.8) is 0 Å². The van der Waals surface area contributed by atoms with E-state index < -0.39 is 0 Å². The lowest BCUT2D eigenvalue weighted by atomic mass is 9.95. The normalized spacial score (nSPS) is 11.5. The van der Waals surface area contributed by atoms with E-state index in [1.807, 2.05) is 44.2 Å². The number of anilines is 3. The third-order valence-electron chi connectivity index (χ3n) is 6.04. The summed E-state index contributed by atoms with van der Waals surface area (Å²) in [5, 5.41) is 27.9. The molecule has 0 unspecified atom stereocenters. The molecule has 0 aromatic heterocycles. The predicted octanol–water partition coefficient (Wildman–Crippen LogP) is 5.44. The SMILES string of the molecule is C=NC(=NCc1ccc(OCCCNc2ccc(NO)cc2)c(Cl)c1)Nc1ccc(C(=O)NCC(C)(C)CO)cc1. The molecule has 6 N–H and O–H groups in total. The number of benzene rings is 3. The second kappa shape index (κ2) is 15.6. The average Bonchev–Trinajstić information content (AvgIpc) is 2.99. The first-order chi connectivity index (χ1) is 19.7. The molecule has 0 fully saturated rings. The number of hydrogen-bond donors (Lipinski definition) is 6. The van der Waals surface area contributed by atoms with Crippen LogP contribution in [-0.4, -0.2) is 55.2 Å². The molecule has 218 valence electrons. The van der Waals surface area contributed by atoms with Crippen molar-refractivity contribution in [3.05, 3.63) is 82.9 Å². The monoisotopic (exact) mass is 580 g/mol. The fraction of sp³-hybridized carbons (Fsp3) is 0.300. The molecule has 0 saturated heterocycles. The highest BCUT2D eigenvalue weighted by Crippen LogP contribution is 2.26. The number of ether oxygens (including phenoxy) is 1. The summed E-state index contributed by atoms with van der Waals surface area (Å²) in [6, 6.07) is 19.7. The van der Waals surface area contributed by atoms with Crippen molar-refractivity contribution in [1.29, 1.82) is 0 Å². The van der Waals surface area contributed by atoms with E-state index in [0.29, 0.717) is 53.4 Å². The van der Waals surface area contributed by atoms with E-state index in [0.717, 1.165) is 24.2 Å². The molecule has 0 bridgehead atoms. The van der Waals surface area contributed by atoms with Gasteiger partial charge in [0.15, 0.2) is 0 Å². The van der Waals surface area contributed by atoms with Crippen LogP contribution in [0.25, 0.3) is 0 Å². The number of aliphatic hydroxyl groups is 1.